The van der Waals surface area contributed by atoms with Crippen LogP contribution in [-0.2, 0) is 20.7 Å². The Hall–Kier alpha value is -1.99. The summed E-state index contributed by atoms with van der Waals surface area (Å²) in [7, 11) is 0. The van der Waals surface area contributed by atoms with Gasteiger partial charge >= 0.3 is 5.97 Å². The highest BCUT2D eigenvalue weighted by Crippen LogP contribution is 2.24. The molecule has 6 nitrogen and oxygen atoms in total. The Labute approximate surface area is 146 Å². The van der Waals surface area contributed by atoms with Crippen LogP contribution < -0.4 is 0 Å². The minimum atomic E-state index is -0.967. The van der Waals surface area contributed by atoms with Crippen LogP contribution >= 0.6 is 0 Å². The molecule has 1 N–H and O–H groups in total. The number of halogens is 1. The minimum absolute atomic E-state index is 0.0896. The zero-order valence-electron chi connectivity index (χ0n) is 14.1. The highest BCUT2D eigenvalue weighted by atomic mass is 19.1. The number of rotatable bonds is 4. The summed E-state index contributed by atoms with van der Waals surface area (Å²) in [6.07, 6.45) is 1.29. The van der Waals surface area contributed by atoms with E-state index in [1.54, 1.807) is 12.1 Å². The van der Waals surface area contributed by atoms with Gasteiger partial charge in [-0.25, -0.2) is 9.18 Å². The molecule has 7 heteroatoms. The van der Waals surface area contributed by atoms with Gasteiger partial charge in [-0.05, 0) is 30.5 Å². The van der Waals surface area contributed by atoms with Crippen LogP contribution in [0.25, 0.3) is 0 Å². The molecule has 2 heterocycles. The Balaban J connectivity index is 1.65. The van der Waals surface area contributed by atoms with Crippen LogP contribution in [0.1, 0.15) is 18.4 Å². The van der Waals surface area contributed by atoms with Gasteiger partial charge in [-0.15, -0.1) is 0 Å². The lowest BCUT2D eigenvalue weighted by Gasteiger charge is -2.43. The van der Waals surface area contributed by atoms with Crippen molar-refractivity contribution in [1.82, 2.24) is 9.80 Å². The number of aliphatic carboxylic acids is 1. The number of hydrogen-bond donors (Lipinski definition) is 1. The molecule has 25 heavy (non-hydrogen) atoms. The second kappa shape index (κ2) is 7.93. The average Bonchev–Trinajstić information content (AvgIpc) is 2.63. The molecule has 0 aliphatic carbocycles. The number of hydrogen-bond acceptors (Lipinski definition) is 4. The van der Waals surface area contributed by atoms with E-state index >= 15 is 0 Å². The fourth-order valence-corrected chi connectivity index (χ4v) is 3.63. The van der Waals surface area contributed by atoms with E-state index in [1.165, 1.54) is 17.0 Å². The van der Waals surface area contributed by atoms with Crippen molar-refractivity contribution < 1.29 is 23.8 Å². The van der Waals surface area contributed by atoms with Crippen molar-refractivity contribution in [3.63, 3.8) is 0 Å². The number of nitrogens with zero attached hydrogens (tertiary/aromatic N) is 2. The third-order valence-electron chi connectivity index (χ3n) is 5.01. The van der Waals surface area contributed by atoms with Crippen molar-refractivity contribution in [2.75, 3.05) is 32.8 Å². The third kappa shape index (κ3) is 4.35. The van der Waals surface area contributed by atoms with E-state index in [2.05, 4.69) is 4.90 Å². The molecular weight excluding hydrogens is 327 g/mol. The molecule has 3 rings (SSSR count). The third-order valence-corrected chi connectivity index (χ3v) is 5.01. The fourth-order valence-electron chi connectivity index (χ4n) is 3.63. The molecule has 2 aliphatic heterocycles. The van der Waals surface area contributed by atoms with Gasteiger partial charge in [0.05, 0.1) is 19.6 Å². The zero-order valence-corrected chi connectivity index (χ0v) is 14.1. The molecule has 2 unspecified atom stereocenters. The maximum absolute atomic E-state index is 13.0. The monoisotopic (exact) mass is 350 g/mol. The van der Waals surface area contributed by atoms with Gasteiger partial charge in [-0.2, -0.15) is 0 Å². The maximum Gasteiger partial charge on any atom is 0.326 e. The number of carbonyl (C=O) groups is 2. The Morgan fingerprint density at radius 1 is 1.16 bits per heavy atom. The van der Waals surface area contributed by atoms with Crippen LogP contribution in [0.5, 0.6) is 0 Å². The standard InChI is InChI=1S/C18H23FN2O4/c19-14-3-1-13(2-4-14)11-17(22)21-6-5-15(12-16(21)18(23)24)20-7-9-25-10-8-20/h1-4,15-16H,5-12H2,(H,23,24). The number of carbonyl (C=O) groups excluding carboxylic acids is 1. The molecule has 1 aromatic carbocycles. The van der Waals surface area contributed by atoms with E-state index in [9.17, 15) is 19.1 Å². The van der Waals surface area contributed by atoms with E-state index in [-0.39, 0.29) is 24.2 Å². The summed E-state index contributed by atoms with van der Waals surface area (Å²) in [6, 6.07) is 5.09. The van der Waals surface area contributed by atoms with Crippen LogP contribution in [0, 0.1) is 5.82 Å². The SMILES string of the molecule is O=C(O)C1CC(N2CCOCC2)CCN1C(=O)Cc1ccc(F)cc1. The minimum Gasteiger partial charge on any atom is -0.480 e. The fraction of sp³-hybridized carbons (Fsp3) is 0.556. The molecule has 0 radical (unpaired) electrons. The second-order valence-electron chi connectivity index (χ2n) is 6.57. The van der Waals surface area contributed by atoms with Crippen molar-refractivity contribution in [2.24, 2.45) is 0 Å². The summed E-state index contributed by atoms with van der Waals surface area (Å²) in [5, 5.41) is 9.59. The molecule has 0 aromatic heterocycles. The first kappa shape index (κ1) is 17.8. The summed E-state index contributed by atoms with van der Waals surface area (Å²) in [5.74, 6) is -1.55. The lowest BCUT2D eigenvalue weighted by atomic mass is 9.94. The molecule has 2 aliphatic rings. The molecule has 1 aromatic rings. The van der Waals surface area contributed by atoms with Gasteiger partial charge < -0.3 is 14.7 Å². The first-order valence-corrected chi connectivity index (χ1v) is 8.63. The number of ether oxygens (including phenoxy) is 1. The number of benzene rings is 1. The molecule has 0 bridgehead atoms. The second-order valence-corrected chi connectivity index (χ2v) is 6.57. The molecule has 2 saturated heterocycles. The van der Waals surface area contributed by atoms with Gasteiger partial charge in [-0.3, -0.25) is 9.69 Å². The molecule has 2 fully saturated rings. The van der Waals surface area contributed by atoms with Gasteiger partial charge in [0.2, 0.25) is 5.91 Å². The Kier molecular flexibility index (Phi) is 5.65. The zero-order chi connectivity index (χ0) is 17.8. The van der Waals surface area contributed by atoms with Gasteiger partial charge in [0.15, 0.2) is 0 Å². The van der Waals surface area contributed by atoms with Crippen LogP contribution in [0.15, 0.2) is 24.3 Å². The number of piperidine rings is 1. The number of amides is 1. The van der Waals surface area contributed by atoms with Crippen LogP contribution in [-0.4, -0.2) is 71.7 Å². The predicted octanol–water partition coefficient (Wildman–Crippen LogP) is 1.14. The van der Waals surface area contributed by atoms with Crippen LogP contribution in [0.3, 0.4) is 0 Å². The summed E-state index contributed by atoms with van der Waals surface area (Å²) in [4.78, 5) is 28.0. The lowest BCUT2D eigenvalue weighted by molar-refractivity contribution is -0.153. The first-order valence-electron chi connectivity index (χ1n) is 8.63. The molecule has 136 valence electrons. The number of carboxylic acids is 1. The maximum atomic E-state index is 13.0. The summed E-state index contributed by atoms with van der Waals surface area (Å²) in [6.45, 7) is 3.38. The quantitative estimate of drug-likeness (QED) is 0.882. The van der Waals surface area contributed by atoms with Crippen molar-refractivity contribution in [3.8, 4) is 0 Å². The average molecular weight is 350 g/mol. The van der Waals surface area contributed by atoms with Gasteiger partial charge in [-0.1, -0.05) is 12.1 Å². The van der Waals surface area contributed by atoms with Crippen molar-refractivity contribution in [2.45, 2.75) is 31.3 Å². The number of likely N-dealkylation sites (tertiary alicyclic amines) is 1. The summed E-state index contributed by atoms with van der Waals surface area (Å²) >= 11 is 0. The Morgan fingerprint density at radius 2 is 1.84 bits per heavy atom. The number of carboxylic acid groups (broad SMARTS) is 1. The van der Waals surface area contributed by atoms with E-state index in [1.807, 2.05) is 0 Å². The van der Waals surface area contributed by atoms with Gasteiger partial charge in [0.1, 0.15) is 11.9 Å². The van der Waals surface area contributed by atoms with E-state index in [4.69, 9.17) is 4.74 Å². The molecule has 2 atom stereocenters. The van der Waals surface area contributed by atoms with Crippen molar-refractivity contribution in [1.29, 1.82) is 0 Å². The number of morpholine rings is 1. The van der Waals surface area contributed by atoms with E-state index < -0.39 is 12.0 Å². The summed E-state index contributed by atoms with van der Waals surface area (Å²) in [5.41, 5.74) is 0.686. The highest BCUT2D eigenvalue weighted by Gasteiger charge is 2.38. The summed E-state index contributed by atoms with van der Waals surface area (Å²) < 4.78 is 18.3. The van der Waals surface area contributed by atoms with Gasteiger partial charge in [0, 0.05) is 25.7 Å². The van der Waals surface area contributed by atoms with E-state index in [0.717, 1.165) is 19.5 Å². The predicted molar refractivity (Wildman–Crippen MR) is 88.7 cm³/mol. The molecule has 0 saturated carbocycles. The smallest absolute Gasteiger partial charge is 0.326 e. The molecular formula is C18H23FN2O4. The van der Waals surface area contributed by atoms with Crippen molar-refractivity contribution in [3.05, 3.63) is 35.6 Å². The van der Waals surface area contributed by atoms with Crippen LogP contribution in [0.2, 0.25) is 0 Å². The largest absolute Gasteiger partial charge is 0.480 e. The van der Waals surface area contributed by atoms with Crippen molar-refractivity contribution >= 4 is 11.9 Å². The highest BCUT2D eigenvalue weighted by molar-refractivity contribution is 5.85. The topological polar surface area (TPSA) is 70.1 Å². The molecule has 1 amide bonds. The van der Waals surface area contributed by atoms with Crippen LogP contribution in [0.4, 0.5) is 4.39 Å². The lowest BCUT2D eigenvalue weighted by Crippen LogP contribution is -2.56. The van der Waals surface area contributed by atoms with E-state index in [0.29, 0.717) is 31.7 Å². The molecule has 0 spiro atoms. The Morgan fingerprint density at radius 3 is 2.48 bits per heavy atom. The first-order chi connectivity index (χ1) is 12.0. The van der Waals surface area contributed by atoms with Gasteiger partial charge in [0.25, 0.3) is 0 Å². The normalized spacial score (nSPS) is 24.9. The Bertz CT molecular complexity index is 616.